The fourth-order valence-corrected chi connectivity index (χ4v) is 3.77. The summed E-state index contributed by atoms with van der Waals surface area (Å²) in [4.78, 5) is 21.7. The van der Waals surface area contributed by atoms with E-state index in [4.69, 9.17) is 14.5 Å². The monoisotopic (exact) mass is 368 g/mol. The first-order chi connectivity index (χ1) is 12.6. The summed E-state index contributed by atoms with van der Waals surface area (Å²) in [5.41, 5.74) is 0. The molecule has 0 aliphatic carbocycles. The van der Waals surface area contributed by atoms with Crippen molar-refractivity contribution in [2.45, 2.75) is 52.6 Å². The zero-order valence-corrected chi connectivity index (χ0v) is 16.9. The van der Waals surface area contributed by atoms with Gasteiger partial charge in [0.1, 0.15) is 0 Å². The summed E-state index contributed by atoms with van der Waals surface area (Å²) < 4.78 is 10.7. The molecule has 0 aromatic carbocycles. The molecule has 0 bridgehead atoms. The van der Waals surface area contributed by atoms with Crippen LogP contribution in [0.25, 0.3) is 0 Å². The first kappa shape index (κ1) is 21.0. The van der Waals surface area contributed by atoms with Crippen molar-refractivity contribution in [2.24, 2.45) is 10.9 Å². The summed E-state index contributed by atoms with van der Waals surface area (Å²) in [7, 11) is 0. The third-order valence-corrected chi connectivity index (χ3v) is 5.17. The highest BCUT2D eigenvalue weighted by Gasteiger charge is 2.29. The molecule has 150 valence electrons. The Morgan fingerprint density at radius 2 is 2.19 bits per heavy atom. The number of carbonyl (C=O) groups excluding carboxylic acids is 1. The van der Waals surface area contributed by atoms with E-state index in [0.29, 0.717) is 25.2 Å². The van der Waals surface area contributed by atoms with Gasteiger partial charge in [-0.15, -0.1) is 0 Å². The molecule has 26 heavy (non-hydrogen) atoms. The quantitative estimate of drug-likeness (QED) is 0.434. The third-order valence-electron chi connectivity index (χ3n) is 5.17. The van der Waals surface area contributed by atoms with Gasteiger partial charge in [-0.05, 0) is 40.5 Å². The Kier molecular flexibility index (Phi) is 8.65. The molecule has 2 saturated heterocycles. The van der Waals surface area contributed by atoms with Gasteiger partial charge in [0, 0.05) is 38.3 Å². The molecule has 0 radical (unpaired) electrons. The van der Waals surface area contributed by atoms with Gasteiger partial charge in [-0.1, -0.05) is 0 Å². The van der Waals surface area contributed by atoms with Gasteiger partial charge in [-0.3, -0.25) is 14.7 Å². The lowest BCUT2D eigenvalue weighted by atomic mass is 9.98. The third kappa shape index (κ3) is 5.84. The van der Waals surface area contributed by atoms with Crippen LogP contribution in [-0.4, -0.2) is 86.4 Å². The van der Waals surface area contributed by atoms with E-state index >= 15 is 0 Å². The lowest BCUT2D eigenvalue weighted by Crippen LogP contribution is -2.51. The number of morpholine rings is 1. The second-order valence-corrected chi connectivity index (χ2v) is 7.24. The average molecular weight is 369 g/mol. The zero-order chi connectivity index (χ0) is 18.9. The fourth-order valence-electron chi connectivity index (χ4n) is 3.77. The molecule has 2 aliphatic rings. The van der Waals surface area contributed by atoms with Crippen LogP contribution in [0.1, 0.15) is 40.5 Å². The Labute approximate surface area is 158 Å². The van der Waals surface area contributed by atoms with Crippen LogP contribution < -0.4 is 5.32 Å². The molecule has 2 heterocycles. The predicted molar refractivity (Wildman–Crippen MR) is 103 cm³/mol. The van der Waals surface area contributed by atoms with E-state index in [1.54, 1.807) is 0 Å². The molecule has 0 amide bonds. The number of aliphatic imine (C=N–C) groups is 1. The van der Waals surface area contributed by atoms with E-state index in [1.165, 1.54) is 0 Å². The van der Waals surface area contributed by atoms with Crippen LogP contribution in [0.15, 0.2) is 4.99 Å². The maximum absolute atomic E-state index is 12.1. The van der Waals surface area contributed by atoms with Crippen molar-refractivity contribution in [1.82, 2.24) is 15.1 Å². The molecule has 7 heteroatoms. The number of hydrogen-bond donors (Lipinski definition) is 1. The number of nitrogens with one attached hydrogen (secondary N) is 1. The topological polar surface area (TPSA) is 66.4 Å². The van der Waals surface area contributed by atoms with E-state index in [2.05, 4.69) is 35.9 Å². The first-order valence-electron chi connectivity index (χ1n) is 10.1. The average Bonchev–Trinajstić information content (AvgIpc) is 2.65. The van der Waals surface area contributed by atoms with E-state index in [-0.39, 0.29) is 11.9 Å². The van der Waals surface area contributed by atoms with Gasteiger partial charge in [0.05, 0.1) is 32.3 Å². The van der Waals surface area contributed by atoms with E-state index in [1.807, 2.05) is 6.92 Å². The molecule has 0 saturated carbocycles. The van der Waals surface area contributed by atoms with Crippen LogP contribution in [0.2, 0.25) is 0 Å². The molecule has 2 fully saturated rings. The number of piperidine rings is 1. The Bertz CT molecular complexity index is 472. The number of guanidine groups is 1. The highest BCUT2D eigenvalue weighted by Crippen LogP contribution is 2.18. The predicted octanol–water partition coefficient (Wildman–Crippen LogP) is 1.34. The van der Waals surface area contributed by atoms with Gasteiger partial charge in [0.15, 0.2) is 5.96 Å². The van der Waals surface area contributed by atoms with E-state index in [0.717, 1.165) is 58.2 Å². The minimum absolute atomic E-state index is 0.0516. The van der Waals surface area contributed by atoms with Crippen molar-refractivity contribution in [1.29, 1.82) is 0 Å². The van der Waals surface area contributed by atoms with Crippen LogP contribution in [-0.2, 0) is 14.3 Å². The summed E-state index contributed by atoms with van der Waals surface area (Å²) >= 11 is 0. The normalized spacial score (nSPS) is 26.5. The lowest BCUT2D eigenvalue weighted by molar-refractivity contribution is -0.149. The Hall–Kier alpha value is -1.34. The smallest absolute Gasteiger partial charge is 0.310 e. The lowest BCUT2D eigenvalue weighted by Gasteiger charge is -2.38. The van der Waals surface area contributed by atoms with Crippen LogP contribution in [0.5, 0.6) is 0 Å². The minimum atomic E-state index is -0.0800. The zero-order valence-electron chi connectivity index (χ0n) is 16.9. The Balaban J connectivity index is 1.97. The van der Waals surface area contributed by atoms with E-state index in [9.17, 15) is 4.79 Å². The number of esters is 1. The number of rotatable bonds is 6. The standard InChI is InChI=1S/C19H36N4O3/c1-5-20-19(21-12-15(3)23-10-11-25-14-16(23)4)22-9-7-8-17(13-22)18(24)26-6-2/h15-17H,5-14H2,1-4H3,(H,20,21). The molecule has 7 nitrogen and oxygen atoms in total. The number of hydrogen-bond acceptors (Lipinski definition) is 5. The maximum atomic E-state index is 12.1. The van der Waals surface area contributed by atoms with Crippen molar-refractivity contribution < 1.29 is 14.3 Å². The molecule has 2 rings (SSSR count). The molecule has 3 unspecified atom stereocenters. The second-order valence-electron chi connectivity index (χ2n) is 7.24. The van der Waals surface area contributed by atoms with Crippen molar-refractivity contribution in [3.8, 4) is 0 Å². The SMILES string of the molecule is CCNC(=NCC(C)N1CCOCC1C)N1CCCC(C(=O)OCC)C1. The van der Waals surface area contributed by atoms with Crippen LogP contribution in [0, 0.1) is 5.92 Å². The summed E-state index contributed by atoms with van der Waals surface area (Å²) in [6.45, 7) is 14.6. The van der Waals surface area contributed by atoms with Crippen molar-refractivity contribution >= 4 is 11.9 Å². The molecule has 0 spiro atoms. The summed E-state index contributed by atoms with van der Waals surface area (Å²) in [5, 5.41) is 3.39. The first-order valence-corrected chi connectivity index (χ1v) is 10.1. The number of carbonyl (C=O) groups is 1. The molecular formula is C19H36N4O3. The van der Waals surface area contributed by atoms with Gasteiger partial charge in [0.25, 0.3) is 0 Å². The molecule has 2 aliphatic heterocycles. The highest BCUT2D eigenvalue weighted by atomic mass is 16.5. The summed E-state index contributed by atoms with van der Waals surface area (Å²) in [6.07, 6.45) is 1.89. The van der Waals surface area contributed by atoms with Gasteiger partial charge in [-0.25, -0.2) is 0 Å². The highest BCUT2D eigenvalue weighted by molar-refractivity contribution is 5.81. The van der Waals surface area contributed by atoms with Gasteiger partial charge >= 0.3 is 5.97 Å². The van der Waals surface area contributed by atoms with Gasteiger partial charge < -0.3 is 19.7 Å². The van der Waals surface area contributed by atoms with Crippen molar-refractivity contribution in [3.63, 3.8) is 0 Å². The molecule has 0 aromatic heterocycles. The molecule has 3 atom stereocenters. The van der Waals surface area contributed by atoms with Crippen molar-refractivity contribution in [3.05, 3.63) is 0 Å². The summed E-state index contributed by atoms with van der Waals surface area (Å²) in [5.74, 6) is 0.780. The molecule has 0 aromatic rings. The molecule has 1 N–H and O–H groups in total. The van der Waals surface area contributed by atoms with Crippen LogP contribution >= 0.6 is 0 Å². The van der Waals surface area contributed by atoms with Crippen LogP contribution in [0.3, 0.4) is 0 Å². The Morgan fingerprint density at radius 1 is 1.38 bits per heavy atom. The minimum Gasteiger partial charge on any atom is -0.466 e. The van der Waals surface area contributed by atoms with E-state index < -0.39 is 0 Å². The van der Waals surface area contributed by atoms with Gasteiger partial charge in [0.2, 0.25) is 0 Å². The maximum Gasteiger partial charge on any atom is 0.310 e. The Morgan fingerprint density at radius 3 is 2.88 bits per heavy atom. The number of ether oxygens (including phenoxy) is 2. The summed E-state index contributed by atoms with van der Waals surface area (Å²) in [6, 6.07) is 0.799. The fraction of sp³-hybridized carbons (Fsp3) is 0.895. The number of likely N-dealkylation sites (tertiary alicyclic amines) is 1. The largest absolute Gasteiger partial charge is 0.466 e. The van der Waals surface area contributed by atoms with Crippen molar-refractivity contribution in [2.75, 3.05) is 52.5 Å². The number of nitrogens with zero attached hydrogens (tertiary/aromatic N) is 3. The van der Waals surface area contributed by atoms with Crippen LogP contribution in [0.4, 0.5) is 0 Å². The molecular weight excluding hydrogens is 332 g/mol. The van der Waals surface area contributed by atoms with Gasteiger partial charge in [-0.2, -0.15) is 0 Å². The second kappa shape index (κ2) is 10.7.